The van der Waals surface area contributed by atoms with E-state index < -0.39 is 0 Å². The van der Waals surface area contributed by atoms with E-state index in [0.717, 1.165) is 28.2 Å². The zero-order valence-electron chi connectivity index (χ0n) is 11.6. The molecule has 0 saturated carbocycles. The first-order valence-corrected chi connectivity index (χ1v) is 7.10. The minimum absolute atomic E-state index is 0.0897. The number of ether oxygens (including phenoxy) is 2. The Labute approximate surface area is 126 Å². The van der Waals surface area contributed by atoms with Crippen LogP contribution in [0.3, 0.4) is 0 Å². The molecule has 0 amide bonds. The van der Waals surface area contributed by atoms with Gasteiger partial charge >= 0.3 is 0 Å². The van der Waals surface area contributed by atoms with E-state index in [4.69, 9.17) is 9.47 Å². The summed E-state index contributed by atoms with van der Waals surface area (Å²) >= 11 is 3.67. The number of halogens is 2. The maximum atomic E-state index is 13.2. The summed E-state index contributed by atoms with van der Waals surface area (Å²) in [6, 6.07) is 10.4. The number of alkyl halides is 1. The Hall–Kier alpha value is -1.55. The zero-order valence-corrected chi connectivity index (χ0v) is 13.2. The molecule has 0 aromatic heterocycles. The number of aryl methyl sites for hydroxylation is 1. The van der Waals surface area contributed by atoms with E-state index in [1.54, 1.807) is 20.3 Å². The molecule has 20 heavy (non-hydrogen) atoms. The highest BCUT2D eigenvalue weighted by molar-refractivity contribution is 9.09. The summed E-state index contributed by atoms with van der Waals surface area (Å²) in [7, 11) is 3.25. The van der Waals surface area contributed by atoms with E-state index in [9.17, 15) is 4.39 Å². The second-order valence-corrected chi connectivity index (χ2v) is 5.39. The molecule has 1 atom stereocenters. The highest BCUT2D eigenvalue weighted by Gasteiger charge is 2.18. The minimum atomic E-state index is -0.233. The van der Waals surface area contributed by atoms with E-state index >= 15 is 0 Å². The summed E-state index contributed by atoms with van der Waals surface area (Å²) in [5.74, 6) is 1.28. The molecule has 0 aliphatic rings. The van der Waals surface area contributed by atoms with Crippen molar-refractivity contribution in [3.63, 3.8) is 0 Å². The Morgan fingerprint density at radius 2 is 1.75 bits per heavy atom. The van der Waals surface area contributed by atoms with Crippen molar-refractivity contribution >= 4 is 15.9 Å². The molecular formula is C16H16BrFO2. The maximum Gasteiger partial charge on any atom is 0.123 e. The first kappa shape index (κ1) is 14.9. The fourth-order valence-corrected chi connectivity index (χ4v) is 3.00. The summed E-state index contributed by atoms with van der Waals surface area (Å²) in [5.41, 5.74) is 2.83. The third kappa shape index (κ3) is 2.96. The number of rotatable bonds is 4. The minimum Gasteiger partial charge on any atom is -0.497 e. The van der Waals surface area contributed by atoms with Gasteiger partial charge in [0.15, 0.2) is 0 Å². The number of benzene rings is 2. The normalized spacial score (nSPS) is 12.1. The van der Waals surface area contributed by atoms with Crippen LogP contribution in [0.15, 0.2) is 36.4 Å². The number of methoxy groups -OCH3 is 2. The average Bonchev–Trinajstić information content (AvgIpc) is 2.46. The SMILES string of the molecule is COc1ccc(OC)c(C(Br)c2ccc(F)cc2C)c1. The molecule has 2 rings (SSSR count). The zero-order chi connectivity index (χ0) is 14.7. The molecule has 0 radical (unpaired) electrons. The molecule has 2 nitrogen and oxygen atoms in total. The lowest BCUT2D eigenvalue weighted by Crippen LogP contribution is -2.00. The van der Waals surface area contributed by atoms with Crippen molar-refractivity contribution in [1.82, 2.24) is 0 Å². The highest BCUT2D eigenvalue weighted by Crippen LogP contribution is 2.39. The lowest BCUT2D eigenvalue weighted by atomic mass is 9.99. The van der Waals surface area contributed by atoms with Crippen molar-refractivity contribution < 1.29 is 13.9 Å². The number of hydrogen-bond acceptors (Lipinski definition) is 2. The average molecular weight is 339 g/mol. The van der Waals surface area contributed by atoms with Gasteiger partial charge in [0.2, 0.25) is 0 Å². The predicted octanol–water partition coefficient (Wildman–Crippen LogP) is 4.64. The van der Waals surface area contributed by atoms with Gasteiger partial charge in [0.1, 0.15) is 17.3 Å². The van der Waals surface area contributed by atoms with Crippen LogP contribution in [0.5, 0.6) is 11.5 Å². The van der Waals surface area contributed by atoms with Gasteiger partial charge in [-0.15, -0.1) is 0 Å². The van der Waals surface area contributed by atoms with Crippen LogP contribution < -0.4 is 9.47 Å². The third-order valence-electron chi connectivity index (χ3n) is 3.21. The highest BCUT2D eigenvalue weighted by atomic mass is 79.9. The molecule has 106 valence electrons. The standard InChI is InChI=1S/C16H16BrFO2/c1-10-8-11(18)4-6-13(10)16(17)14-9-12(19-2)5-7-15(14)20-3/h4-9,16H,1-3H3. The van der Waals surface area contributed by atoms with Crippen molar-refractivity contribution in [2.24, 2.45) is 0 Å². The molecule has 0 fully saturated rings. The summed E-state index contributed by atoms with van der Waals surface area (Å²) in [6.45, 7) is 1.89. The van der Waals surface area contributed by atoms with Gasteiger partial charge in [0, 0.05) is 5.56 Å². The van der Waals surface area contributed by atoms with Gasteiger partial charge in [0.05, 0.1) is 19.0 Å². The van der Waals surface area contributed by atoms with Crippen LogP contribution in [0.25, 0.3) is 0 Å². The van der Waals surface area contributed by atoms with E-state index in [2.05, 4.69) is 15.9 Å². The Bertz CT molecular complexity index is 613. The van der Waals surface area contributed by atoms with E-state index in [0.29, 0.717) is 0 Å². The first-order valence-electron chi connectivity index (χ1n) is 6.19. The maximum absolute atomic E-state index is 13.2. The lowest BCUT2D eigenvalue weighted by molar-refractivity contribution is 0.399. The smallest absolute Gasteiger partial charge is 0.123 e. The molecule has 0 heterocycles. The van der Waals surface area contributed by atoms with Crippen LogP contribution >= 0.6 is 15.9 Å². The van der Waals surface area contributed by atoms with Crippen LogP contribution in [0.1, 0.15) is 21.5 Å². The molecule has 4 heteroatoms. The third-order valence-corrected chi connectivity index (χ3v) is 4.20. The Kier molecular flexibility index (Phi) is 4.65. The Balaban J connectivity index is 2.48. The van der Waals surface area contributed by atoms with Gasteiger partial charge in [-0.1, -0.05) is 22.0 Å². The molecule has 0 aliphatic carbocycles. The van der Waals surface area contributed by atoms with Crippen LogP contribution in [0.4, 0.5) is 4.39 Å². The van der Waals surface area contributed by atoms with Crippen molar-refractivity contribution in [1.29, 1.82) is 0 Å². The molecule has 0 saturated heterocycles. The molecule has 0 aliphatic heterocycles. The molecule has 1 unspecified atom stereocenters. The van der Waals surface area contributed by atoms with Crippen LogP contribution in [0, 0.1) is 12.7 Å². The predicted molar refractivity (Wildman–Crippen MR) is 81.5 cm³/mol. The quantitative estimate of drug-likeness (QED) is 0.756. The molecule has 2 aromatic carbocycles. The van der Waals surface area contributed by atoms with Gasteiger partial charge < -0.3 is 9.47 Å². The van der Waals surface area contributed by atoms with Crippen LogP contribution in [-0.4, -0.2) is 14.2 Å². The molecule has 0 bridgehead atoms. The van der Waals surface area contributed by atoms with E-state index in [-0.39, 0.29) is 10.6 Å². The lowest BCUT2D eigenvalue weighted by Gasteiger charge is -2.17. The summed E-state index contributed by atoms with van der Waals surface area (Å²) in [6.07, 6.45) is 0. The Morgan fingerprint density at radius 3 is 2.35 bits per heavy atom. The molecule has 0 N–H and O–H groups in total. The second kappa shape index (κ2) is 6.27. The molecular weight excluding hydrogens is 323 g/mol. The second-order valence-electron chi connectivity index (χ2n) is 4.47. The van der Waals surface area contributed by atoms with Crippen molar-refractivity contribution in [3.05, 3.63) is 58.9 Å². The fourth-order valence-electron chi connectivity index (χ4n) is 2.13. The van der Waals surface area contributed by atoms with Crippen LogP contribution in [-0.2, 0) is 0 Å². The summed E-state index contributed by atoms with van der Waals surface area (Å²) < 4.78 is 23.9. The first-order chi connectivity index (χ1) is 9.56. The monoisotopic (exact) mass is 338 g/mol. The molecule has 2 aromatic rings. The topological polar surface area (TPSA) is 18.5 Å². The van der Waals surface area contributed by atoms with Gasteiger partial charge in [-0.2, -0.15) is 0 Å². The van der Waals surface area contributed by atoms with Gasteiger partial charge in [-0.25, -0.2) is 4.39 Å². The van der Waals surface area contributed by atoms with Crippen molar-refractivity contribution in [2.75, 3.05) is 14.2 Å². The van der Waals surface area contributed by atoms with Gasteiger partial charge in [0.25, 0.3) is 0 Å². The number of hydrogen-bond donors (Lipinski definition) is 0. The Morgan fingerprint density at radius 1 is 1.00 bits per heavy atom. The summed E-state index contributed by atoms with van der Waals surface area (Å²) in [5, 5.41) is 0. The fraction of sp³-hybridized carbons (Fsp3) is 0.250. The van der Waals surface area contributed by atoms with Crippen LogP contribution in [0.2, 0.25) is 0 Å². The largest absolute Gasteiger partial charge is 0.497 e. The molecule has 0 spiro atoms. The van der Waals surface area contributed by atoms with Crippen molar-refractivity contribution in [3.8, 4) is 11.5 Å². The van der Waals surface area contributed by atoms with Gasteiger partial charge in [-0.3, -0.25) is 0 Å². The summed E-state index contributed by atoms with van der Waals surface area (Å²) in [4.78, 5) is -0.0897. The van der Waals surface area contributed by atoms with E-state index in [1.807, 2.05) is 25.1 Å². The van der Waals surface area contributed by atoms with Gasteiger partial charge in [-0.05, 0) is 48.4 Å². The van der Waals surface area contributed by atoms with Crippen molar-refractivity contribution in [2.45, 2.75) is 11.8 Å². The van der Waals surface area contributed by atoms with E-state index in [1.165, 1.54) is 12.1 Å².